The van der Waals surface area contributed by atoms with Gasteiger partial charge in [0.1, 0.15) is 28.6 Å². The van der Waals surface area contributed by atoms with Crippen molar-refractivity contribution in [2.24, 2.45) is 5.73 Å². The molecule has 0 radical (unpaired) electrons. The molecular formula is C21H23N3O4. The molecule has 146 valence electrons. The molecule has 0 bridgehead atoms. The number of nitrogens with two attached hydrogens (primary N) is 1. The summed E-state index contributed by atoms with van der Waals surface area (Å²) in [6, 6.07) is 9.09. The molecule has 28 heavy (non-hydrogen) atoms. The van der Waals surface area contributed by atoms with Crippen molar-refractivity contribution in [1.82, 2.24) is 0 Å². The van der Waals surface area contributed by atoms with E-state index in [0.29, 0.717) is 17.8 Å². The smallest absolute Gasteiger partial charge is 0.339 e. The SMILES string of the molecule is CCN1C(=O)C2(C(C#N)=C(N)OC(C)=C2C(=O)OC(C)(C)C)c2ccccc21. The maximum Gasteiger partial charge on any atom is 0.339 e. The molecule has 1 amide bonds. The van der Waals surface area contributed by atoms with Crippen LogP contribution < -0.4 is 10.6 Å². The number of carbonyl (C=O) groups is 2. The van der Waals surface area contributed by atoms with Crippen LogP contribution >= 0.6 is 0 Å². The Kier molecular flexibility index (Phi) is 4.46. The number of anilines is 1. The van der Waals surface area contributed by atoms with Crippen LogP contribution in [-0.4, -0.2) is 24.0 Å². The Morgan fingerprint density at radius 3 is 2.57 bits per heavy atom. The van der Waals surface area contributed by atoms with Crippen molar-refractivity contribution in [2.45, 2.75) is 45.6 Å². The fourth-order valence-corrected chi connectivity index (χ4v) is 3.86. The first-order valence-electron chi connectivity index (χ1n) is 9.03. The molecule has 1 spiro atoms. The zero-order valence-corrected chi connectivity index (χ0v) is 16.6. The number of fused-ring (bicyclic) bond motifs is 2. The van der Waals surface area contributed by atoms with Gasteiger partial charge in [-0.25, -0.2) is 4.79 Å². The highest BCUT2D eigenvalue weighted by atomic mass is 16.6. The normalized spacial score (nSPS) is 21.6. The first-order chi connectivity index (χ1) is 13.1. The average Bonchev–Trinajstić information content (AvgIpc) is 2.82. The van der Waals surface area contributed by atoms with E-state index >= 15 is 0 Å². The topological polar surface area (TPSA) is 106 Å². The number of allylic oxidation sites excluding steroid dienone is 1. The second-order valence-electron chi connectivity index (χ2n) is 7.70. The van der Waals surface area contributed by atoms with E-state index in [1.807, 2.05) is 13.0 Å². The van der Waals surface area contributed by atoms with Gasteiger partial charge >= 0.3 is 5.97 Å². The predicted molar refractivity (Wildman–Crippen MR) is 103 cm³/mol. The third-order valence-corrected chi connectivity index (χ3v) is 4.81. The van der Waals surface area contributed by atoms with Crippen molar-refractivity contribution in [2.75, 3.05) is 11.4 Å². The summed E-state index contributed by atoms with van der Waals surface area (Å²) in [5.74, 6) is -1.18. The van der Waals surface area contributed by atoms with Crippen molar-refractivity contribution in [3.05, 3.63) is 52.6 Å². The number of benzene rings is 1. The number of amides is 1. The highest BCUT2D eigenvalue weighted by Gasteiger charge is 2.62. The molecule has 0 aromatic heterocycles. The Hall–Kier alpha value is -3.27. The van der Waals surface area contributed by atoms with Crippen LogP contribution in [0.1, 0.15) is 40.2 Å². The van der Waals surface area contributed by atoms with Gasteiger partial charge in [0, 0.05) is 17.8 Å². The Balaban J connectivity index is 2.38. The molecule has 0 saturated heterocycles. The zero-order valence-electron chi connectivity index (χ0n) is 16.6. The van der Waals surface area contributed by atoms with Gasteiger partial charge in [0.15, 0.2) is 5.41 Å². The first kappa shape index (κ1) is 19.5. The summed E-state index contributed by atoms with van der Waals surface area (Å²) in [7, 11) is 0. The third kappa shape index (κ3) is 2.56. The van der Waals surface area contributed by atoms with Crippen LogP contribution in [0.25, 0.3) is 0 Å². The van der Waals surface area contributed by atoms with Gasteiger partial charge in [-0.3, -0.25) is 4.79 Å². The van der Waals surface area contributed by atoms with Crippen LogP contribution in [0, 0.1) is 11.3 Å². The fourth-order valence-electron chi connectivity index (χ4n) is 3.86. The van der Waals surface area contributed by atoms with E-state index in [1.54, 1.807) is 56.9 Å². The second kappa shape index (κ2) is 6.41. The number of nitrogens with zero attached hydrogens (tertiary/aromatic N) is 2. The number of para-hydroxylation sites is 1. The van der Waals surface area contributed by atoms with Crippen molar-refractivity contribution < 1.29 is 19.1 Å². The first-order valence-corrected chi connectivity index (χ1v) is 9.03. The van der Waals surface area contributed by atoms with Gasteiger partial charge in [0.25, 0.3) is 0 Å². The largest absolute Gasteiger partial charge is 0.456 e. The van der Waals surface area contributed by atoms with Crippen molar-refractivity contribution in [3.63, 3.8) is 0 Å². The lowest BCUT2D eigenvalue weighted by Gasteiger charge is -2.35. The highest BCUT2D eigenvalue weighted by Crippen LogP contribution is 2.54. The van der Waals surface area contributed by atoms with Crippen molar-refractivity contribution >= 4 is 17.6 Å². The van der Waals surface area contributed by atoms with E-state index in [2.05, 4.69) is 0 Å². The van der Waals surface area contributed by atoms with Gasteiger partial charge < -0.3 is 20.1 Å². The maximum atomic E-state index is 13.7. The van der Waals surface area contributed by atoms with E-state index in [0.717, 1.165) is 0 Å². The van der Waals surface area contributed by atoms with E-state index in [4.69, 9.17) is 15.2 Å². The van der Waals surface area contributed by atoms with Gasteiger partial charge in [-0.2, -0.15) is 5.26 Å². The molecule has 3 rings (SSSR count). The monoisotopic (exact) mass is 381 g/mol. The number of nitriles is 1. The molecule has 2 N–H and O–H groups in total. The molecule has 2 aliphatic rings. The molecule has 7 heteroatoms. The molecule has 0 fully saturated rings. The number of carbonyl (C=O) groups excluding carboxylic acids is 2. The number of rotatable bonds is 2. The Morgan fingerprint density at radius 2 is 2.00 bits per heavy atom. The van der Waals surface area contributed by atoms with Crippen LogP contribution in [0.3, 0.4) is 0 Å². The van der Waals surface area contributed by atoms with E-state index in [9.17, 15) is 14.9 Å². The molecule has 1 aromatic carbocycles. The molecule has 7 nitrogen and oxygen atoms in total. The molecule has 1 aromatic rings. The zero-order chi connectivity index (χ0) is 20.9. The van der Waals surface area contributed by atoms with E-state index < -0.39 is 22.9 Å². The van der Waals surface area contributed by atoms with Crippen LogP contribution in [0.2, 0.25) is 0 Å². The van der Waals surface area contributed by atoms with Gasteiger partial charge in [-0.05, 0) is 40.7 Å². The average molecular weight is 381 g/mol. The summed E-state index contributed by atoms with van der Waals surface area (Å²) in [4.78, 5) is 28.4. The maximum absolute atomic E-state index is 13.7. The molecule has 0 saturated carbocycles. The molecule has 1 unspecified atom stereocenters. The second-order valence-corrected chi connectivity index (χ2v) is 7.70. The highest BCUT2D eigenvalue weighted by molar-refractivity contribution is 6.18. The summed E-state index contributed by atoms with van der Waals surface area (Å²) < 4.78 is 11.1. The van der Waals surface area contributed by atoms with Crippen LogP contribution in [0.4, 0.5) is 5.69 Å². The fraction of sp³-hybridized carbons (Fsp3) is 0.381. The van der Waals surface area contributed by atoms with E-state index in [1.165, 1.54) is 0 Å². The third-order valence-electron chi connectivity index (χ3n) is 4.81. The summed E-state index contributed by atoms with van der Waals surface area (Å²) in [5.41, 5.74) is 4.56. The Labute approximate surface area is 164 Å². The Bertz CT molecular complexity index is 978. The molecule has 2 heterocycles. The molecular weight excluding hydrogens is 358 g/mol. The lowest BCUT2D eigenvalue weighted by molar-refractivity contribution is -0.151. The van der Waals surface area contributed by atoms with Crippen molar-refractivity contribution in [1.29, 1.82) is 5.26 Å². The summed E-state index contributed by atoms with van der Waals surface area (Å²) in [5, 5.41) is 9.89. The number of esters is 1. The van der Waals surface area contributed by atoms with Gasteiger partial charge in [-0.15, -0.1) is 0 Å². The quantitative estimate of drug-likeness (QED) is 0.790. The number of hydrogen-bond acceptors (Lipinski definition) is 6. The molecule has 0 aliphatic carbocycles. The molecule has 2 aliphatic heterocycles. The van der Waals surface area contributed by atoms with Crippen LogP contribution in [0.15, 0.2) is 47.1 Å². The van der Waals surface area contributed by atoms with Crippen LogP contribution in [-0.2, 0) is 24.5 Å². The van der Waals surface area contributed by atoms with Crippen molar-refractivity contribution in [3.8, 4) is 6.07 Å². The van der Waals surface area contributed by atoms with E-state index in [-0.39, 0.29) is 22.8 Å². The predicted octanol–water partition coefficient (Wildman–Crippen LogP) is 2.63. The lowest BCUT2D eigenvalue weighted by Crippen LogP contribution is -2.49. The number of likely N-dealkylation sites (N-methyl/N-ethyl adjacent to an activating group) is 1. The van der Waals surface area contributed by atoms with Gasteiger partial charge in [0.2, 0.25) is 11.8 Å². The summed E-state index contributed by atoms with van der Waals surface area (Å²) >= 11 is 0. The summed E-state index contributed by atoms with van der Waals surface area (Å²) in [6.07, 6.45) is 0. The van der Waals surface area contributed by atoms with Gasteiger partial charge in [-0.1, -0.05) is 18.2 Å². The minimum Gasteiger partial charge on any atom is -0.456 e. The standard InChI is InChI=1S/C21H23N3O4/c1-6-24-15-10-8-7-9-13(15)21(19(24)26)14(11-22)17(23)27-12(2)16(21)18(25)28-20(3,4)5/h7-10H,6,23H2,1-5H3. The number of hydrogen-bond donors (Lipinski definition) is 1. The Morgan fingerprint density at radius 1 is 1.36 bits per heavy atom. The summed E-state index contributed by atoms with van der Waals surface area (Å²) in [6.45, 7) is 8.94. The number of ether oxygens (including phenoxy) is 2. The molecule has 1 atom stereocenters. The van der Waals surface area contributed by atoms with Crippen LogP contribution in [0.5, 0.6) is 0 Å². The van der Waals surface area contributed by atoms with Gasteiger partial charge in [0.05, 0.1) is 0 Å². The lowest BCUT2D eigenvalue weighted by atomic mass is 9.68. The minimum absolute atomic E-state index is 0.0124. The minimum atomic E-state index is -1.68.